The molecule has 80 valence electrons. The highest BCUT2D eigenvalue weighted by atomic mass is 16.6. The Morgan fingerprint density at radius 3 is 3.07 bits per heavy atom. The van der Waals surface area contributed by atoms with Crippen LogP contribution in [-0.2, 0) is 6.42 Å². The van der Waals surface area contributed by atoms with Gasteiger partial charge in [0, 0.05) is 17.1 Å². The summed E-state index contributed by atoms with van der Waals surface area (Å²) in [5.74, 6) is 5.97. The summed E-state index contributed by atoms with van der Waals surface area (Å²) in [4.78, 5) is 8.07. The monoisotopic (exact) mass is 205 g/mol. The van der Waals surface area contributed by atoms with Crippen molar-refractivity contribution < 1.29 is 4.84 Å². The number of hydrogen-bond donors (Lipinski definition) is 3. The Kier molecular flexibility index (Phi) is 2.89. The van der Waals surface area contributed by atoms with Gasteiger partial charge in [0.2, 0.25) is 0 Å². The van der Waals surface area contributed by atoms with E-state index in [0.29, 0.717) is 0 Å². The van der Waals surface area contributed by atoms with Crippen molar-refractivity contribution in [2.24, 2.45) is 5.90 Å². The van der Waals surface area contributed by atoms with Gasteiger partial charge < -0.3 is 15.1 Å². The molecule has 1 aromatic heterocycles. The molecule has 0 saturated heterocycles. The number of fused-ring (bicyclic) bond motifs is 1. The largest absolute Gasteiger partial charge is 0.411 e. The molecule has 0 aliphatic carbocycles. The van der Waals surface area contributed by atoms with Crippen molar-refractivity contribution in [1.29, 1.82) is 0 Å². The summed E-state index contributed by atoms with van der Waals surface area (Å²) in [5.41, 5.74) is 2.28. The van der Waals surface area contributed by atoms with Gasteiger partial charge in [-0.25, -0.2) is 0 Å². The Bertz CT molecular complexity index is 450. The van der Waals surface area contributed by atoms with E-state index in [2.05, 4.69) is 10.3 Å². The number of hydrogen-bond acceptors (Lipinski definition) is 3. The van der Waals surface area contributed by atoms with Crippen molar-refractivity contribution in [2.45, 2.75) is 6.42 Å². The fraction of sp³-hybridized carbons (Fsp3) is 0.273. The Balaban J connectivity index is 2.46. The molecule has 4 heteroatoms. The molecule has 0 saturated carbocycles. The number of aromatic amines is 1. The molecular formula is C11H15N3O. The van der Waals surface area contributed by atoms with Gasteiger partial charge in [-0.15, -0.1) is 0 Å². The van der Waals surface area contributed by atoms with E-state index in [9.17, 15) is 0 Å². The minimum Gasteiger partial charge on any atom is -0.411 e. The van der Waals surface area contributed by atoms with Crippen molar-refractivity contribution >= 4 is 10.9 Å². The number of aromatic nitrogens is 1. The summed E-state index contributed by atoms with van der Waals surface area (Å²) in [6.45, 7) is 0.936. The molecule has 0 fully saturated rings. The van der Waals surface area contributed by atoms with E-state index in [1.165, 1.54) is 5.56 Å². The van der Waals surface area contributed by atoms with Crippen LogP contribution in [0.1, 0.15) is 5.56 Å². The van der Waals surface area contributed by atoms with Gasteiger partial charge in [-0.3, -0.25) is 0 Å². The van der Waals surface area contributed by atoms with E-state index in [-0.39, 0.29) is 0 Å². The Morgan fingerprint density at radius 2 is 2.33 bits per heavy atom. The quantitative estimate of drug-likeness (QED) is 0.657. The molecule has 0 aliphatic rings. The van der Waals surface area contributed by atoms with Gasteiger partial charge >= 0.3 is 0 Å². The highest BCUT2D eigenvalue weighted by Gasteiger charge is 2.08. The Labute approximate surface area is 88.4 Å². The van der Waals surface area contributed by atoms with Gasteiger partial charge in [0.15, 0.2) is 5.75 Å². The van der Waals surface area contributed by atoms with Crippen LogP contribution in [0.4, 0.5) is 0 Å². The van der Waals surface area contributed by atoms with Gasteiger partial charge in [0.25, 0.3) is 0 Å². The minimum absolute atomic E-state index is 0.722. The lowest BCUT2D eigenvalue weighted by Crippen LogP contribution is -2.10. The first-order chi connectivity index (χ1) is 7.36. The zero-order valence-corrected chi connectivity index (χ0v) is 8.71. The molecular weight excluding hydrogens is 190 g/mol. The van der Waals surface area contributed by atoms with Crippen molar-refractivity contribution in [2.75, 3.05) is 13.6 Å². The first-order valence-electron chi connectivity index (χ1n) is 4.97. The smallest absolute Gasteiger partial charge is 0.156 e. The Hall–Kier alpha value is -1.52. The summed E-state index contributed by atoms with van der Waals surface area (Å²) < 4.78 is 0. The maximum absolute atomic E-state index is 5.24. The van der Waals surface area contributed by atoms with Crippen LogP contribution >= 0.6 is 0 Å². The second-order valence-electron chi connectivity index (χ2n) is 3.46. The molecule has 1 aromatic carbocycles. The van der Waals surface area contributed by atoms with E-state index < -0.39 is 0 Å². The third kappa shape index (κ3) is 1.82. The Morgan fingerprint density at radius 1 is 1.47 bits per heavy atom. The molecule has 15 heavy (non-hydrogen) atoms. The lowest BCUT2D eigenvalue weighted by molar-refractivity contribution is 0.338. The summed E-state index contributed by atoms with van der Waals surface area (Å²) in [6.07, 6.45) is 2.96. The van der Waals surface area contributed by atoms with E-state index in [4.69, 9.17) is 10.7 Å². The molecule has 1 heterocycles. The fourth-order valence-corrected chi connectivity index (χ4v) is 1.77. The third-order valence-corrected chi connectivity index (χ3v) is 2.52. The predicted molar refractivity (Wildman–Crippen MR) is 60.7 cm³/mol. The molecule has 0 unspecified atom stereocenters. The van der Waals surface area contributed by atoms with Gasteiger partial charge in [0.1, 0.15) is 0 Å². The molecule has 0 radical (unpaired) electrons. The van der Waals surface area contributed by atoms with Gasteiger partial charge in [-0.1, -0.05) is 6.07 Å². The molecule has 0 bridgehead atoms. The first-order valence-corrected chi connectivity index (χ1v) is 4.97. The second-order valence-corrected chi connectivity index (χ2v) is 3.46. The average Bonchev–Trinajstić information content (AvgIpc) is 2.69. The van der Waals surface area contributed by atoms with Crippen LogP contribution in [0.2, 0.25) is 0 Å². The average molecular weight is 205 g/mol. The van der Waals surface area contributed by atoms with Gasteiger partial charge in [0.05, 0.1) is 0 Å². The molecule has 0 aliphatic heterocycles. The summed E-state index contributed by atoms with van der Waals surface area (Å²) in [7, 11) is 1.94. The summed E-state index contributed by atoms with van der Waals surface area (Å²) in [5, 5.41) is 4.20. The minimum atomic E-state index is 0.722. The SMILES string of the molecule is CNCCc1c[nH]c2cccc(ON)c12. The number of nitrogens with one attached hydrogen (secondary N) is 2. The van der Waals surface area contributed by atoms with Crippen LogP contribution < -0.4 is 16.1 Å². The molecule has 0 atom stereocenters. The van der Waals surface area contributed by atoms with Crippen molar-refractivity contribution in [3.8, 4) is 5.75 Å². The van der Waals surface area contributed by atoms with Crippen molar-refractivity contribution in [3.05, 3.63) is 30.0 Å². The molecule has 2 aromatic rings. The zero-order valence-electron chi connectivity index (χ0n) is 8.71. The first kappa shape index (κ1) is 10.0. The number of H-pyrrole nitrogens is 1. The molecule has 0 spiro atoms. The number of benzene rings is 1. The normalized spacial score (nSPS) is 10.8. The van der Waals surface area contributed by atoms with Crippen molar-refractivity contribution in [3.63, 3.8) is 0 Å². The van der Waals surface area contributed by atoms with E-state index in [0.717, 1.165) is 29.6 Å². The summed E-state index contributed by atoms with van der Waals surface area (Å²) in [6, 6.07) is 5.81. The van der Waals surface area contributed by atoms with Crippen LogP contribution in [-0.4, -0.2) is 18.6 Å². The molecule has 4 nitrogen and oxygen atoms in total. The molecule has 4 N–H and O–H groups in total. The lowest BCUT2D eigenvalue weighted by Gasteiger charge is -2.03. The fourth-order valence-electron chi connectivity index (χ4n) is 1.77. The molecule has 0 amide bonds. The maximum Gasteiger partial charge on any atom is 0.156 e. The number of likely N-dealkylation sites (N-methyl/N-ethyl adjacent to an activating group) is 1. The van der Waals surface area contributed by atoms with Crippen LogP contribution in [0, 0.1) is 0 Å². The van der Waals surface area contributed by atoms with E-state index in [1.54, 1.807) is 0 Å². The number of rotatable bonds is 4. The maximum atomic E-state index is 5.24. The van der Waals surface area contributed by atoms with Gasteiger partial charge in [-0.2, -0.15) is 5.90 Å². The van der Waals surface area contributed by atoms with Gasteiger partial charge in [-0.05, 0) is 37.7 Å². The van der Waals surface area contributed by atoms with Crippen LogP contribution in [0.25, 0.3) is 10.9 Å². The van der Waals surface area contributed by atoms with Crippen molar-refractivity contribution in [1.82, 2.24) is 10.3 Å². The number of nitrogens with two attached hydrogens (primary N) is 1. The second kappa shape index (κ2) is 4.33. The van der Waals surface area contributed by atoms with Crippen LogP contribution in [0.5, 0.6) is 5.75 Å². The zero-order chi connectivity index (χ0) is 10.7. The summed E-state index contributed by atoms with van der Waals surface area (Å²) >= 11 is 0. The van der Waals surface area contributed by atoms with Crippen LogP contribution in [0.3, 0.4) is 0 Å². The van der Waals surface area contributed by atoms with Crippen LogP contribution in [0.15, 0.2) is 24.4 Å². The third-order valence-electron chi connectivity index (χ3n) is 2.52. The highest BCUT2D eigenvalue weighted by Crippen LogP contribution is 2.28. The highest BCUT2D eigenvalue weighted by molar-refractivity contribution is 5.89. The standard InChI is InChI=1S/C11H15N3O/c1-13-6-5-8-7-14-9-3-2-4-10(15-12)11(8)9/h2-4,7,13-14H,5-6,12H2,1H3. The lowest BCUT2D eigenvalue weighted by atomic mass is 10.1. The van der Waals surface area contributed by atoms with E-state index in [1.807, 2.05) is 31.4 Å². The van der Waals surface area contributed by atoms with E-state index >= 15 is 0 Å². The molecule has 2 rings (SSSR count). The topological polar surface area (TPSA) is 63.1 Å². The predicted octanol–water partition coefficient (Wildman–Crippen LogP) is 1.18.